The van der Waals surface area contributed by atoms with E-state index in [1.807, 2.05) is 18.5 Å². The number of nitrogens with zero attached hydrogens (tertiary/aromatic N) is 4. The van der Waals surface area contributed by atoms with Crippen molar-refractivity contribution in [3.8, 4) is 0 Å². The van der Waals surface area contributed by atoms with Gasteiger partial charge in [-0.05, 0) is 50.6 Å². The summed E-state index contributed by atoms with van der Waals surface area (Å²) in [5, 5.41) is 7.43. The van der Waals surface area contributed by atoms with Crippen LogP contribution in [0.5, 0.6) is 0 Å². The highest BCUT2D eigenvalue weighted by Crippen LogP contribution is 2.16. The number of rotatable bonds is 7. The van der Waals surface area contributed by atoms with Crippen LogP contribution in [0.1, 0.15) is 17.8 Å². The molecule has 3 rings (SSSR count). The molecular formula is C20H28FN5O. The largest absolute Gasteiger partial charge is 0.369 e. The van der Waals surface area contributed by atoms with Crippen LogP contribution in [0.25, 0.3) is 0 Å². The van der Waals surface area contributed by atoms with Gasteiger partial charge in [0.05, 0.1) is 12.2 Å². The van der Waals surface area contributed by atoms with E-state index < -0.39 is 0 Å². The van der Waals surface area contributed by atoms with Gasteiger partial charge >= 0.3 is 0 Å². The van der Waals surface area contributed by atoms with Gasteiger partial charge in [0.1, 0.15) is 5.82 Å². The molecule has 1 amide bonds. The minimum Gasteiger partial charge on any atom is -0.369 e. The van der Waals surface area contributed by atoms with E-state index in [1.54, 1.807) is 12.1 Å². The highest BCUT2D eigenvalue weighted by atomic mass is 19.1. The van der Waals surface area contributed by atoms with Crippen molar-refractivity contribution in [3.63, 3.8) is 0 Å². The molecule has 1 aliphatic rings. The second-order valence-corrected chi connectivity index (χ2v) is 7.09. The SMILES string of the molecule is Cc1cc(C)n(CCCNC(=O)CN2CCN(c3ccc(F)cc3)CC2)n1. The van der Waals surface area contributed by atoms with E-state index in [1.165, 1.54) is 12.1 Å². The molecule has 0 aliphatic carbocycles. The van der Waals surface area contributed by atoms with Gasteiger partial charge in [-0.3, -0.25) is 14.4 Å². The lowest BCUT2D eigenvalue weighted by Crippen LogP contribution is -2.49. The number of hydrogen-bond acceptors (Lipinski definition) is 4. The number of carbonyl (C=O) groups is 1. The van der Waals surface area contributed by atoms with Crippen LogP contribution >= 0.6 is 0 Å². The van der Waals surface area contributed by atoms with Crippen LogP contribution in [0.4, 0.5) is 10.1 Å². The van der Waals surface area contributed by atoms with E-state index in [4.69, 9.17) is 0 Å². The highest BCUT2D eigenvalue weighted by Gasteiger charge is 2.19. The van der Waals surface area contributed by atoms with Gasteiger partial charge in [-0.1, -0.05) is 0 Å². The minimum absolute atomic E-state index is 0.0681. The van der Waals surface area contributed by atoms with Gasteiger partial charge < -0.3 is 10.2 Å². The van der Waals surface area contributed by atoms with Crippen molar-refractivity contribution in [2.45, 2.75) is 26.8 Å². The molecule has 2 aromatic rings. The van der Waals surface area contributed by atoms with Crippen molar-refractivity contribution in [2.75, 3.05) is 44.2 Å². The monoisotopic (exact) mass is 373 g/mol. The molecule has 0 atom stereocenters. The Morgan fingerprint density at radius 2 is 1.85 bits per heavy atom. The Hall–Kier alpha value is -2.41. The summed E-state index contributed by atoms with van der Waals surface area (Å²) in [5.74, 6) is -0.148. The molecule has 1 fully saturated rings. The average molecular weight is 373 g/mol. The van der Waals surface area contributed by atoms with Crippen LogP contribution in [-0.2, 0) is 11.3 Å². The second-order valence-electron chi connectivity index (χ2n) is 7.09. The van der Waals surface area contributed by atoms with E-state index in [0.29, 0.717) is 13.1 Å². The maximum Gasteiger partial charge on any atom is 0.234 e. The van der Waals surface area contributed by atoms with Crippen molar-refractivity contribution >= 4 is 11.6 Å². The fourth-order valence-corrected chi connectivity index (χ4v) is 3.43. The van der Waals surface area contributed by atoms with E-state index in [-0.39, 0.29) is 11.7 Å². The molecule has 1 saturated heterocycles. The lowest BCUT2D eigenvalue weighted by atomic mass is 10.2. The highest BCUT2D eigenvalue weighted by molar-refractivity contribution is 5.78. The average Bonchev–Trinajstić information content (AvgIpc) is 2.97. The zero-order chi connectivity index (χ0) is 19.2. The summed E-state index contributed by atoms with van der Waals surface area (Å²) in [4.78, 5) is 16.5. The molecule has 146 valence electrons. The molecule has 2 heterocycles. The summed E-state index contributed by atoms with van der Waals surface area (Å²) in [6.07, 6.45) is 0.867. The third kappa shape index (κ3) is 5.53. The second kappa shape index (κ2) is 8.99. The molecule has 1 aromatic carbocycles. The summed E-state index contributed by atoms with van der Waals surface area (Å²) in [6, 6.07) is 8.65. The summed E-state index contributed by atoms with van der Waals surface area (Å²) in [7, 11) is 0. The minimum atomic E-state index is -0.216. The van der Waals surface area contributed by atoms with Gasteiger partial charge in [-0.2, -0.15) is 5.10 Å². The van der Waals surface area contributed by atoms with Gasteiger partial charge in [-0.15, -0.1) is 0 Å². The standard InChI is InChI=1S/C20H28FN5O/c1-16-14-17(2)26(23-16)9-3-8-22-20(27)15-24-10-12-25(13-11-24)19-6-4-18(21)5-7-19/h4-7,14H,3,8-13,15H2,1-2H3,(H,22,27). The summed E-state index contributed by atoms with van der Waals surface area (Å²) in [5.41, 5.74) is 3.21. The number of hydrogen-bond donors (Lipinski definition) is 1. The molecule has 0 bridgehead atoms. The smallest absolute Gasteiger partial charge is 0.234 e. The number of amides is 1. The van der Waals surface area contributed by atoms with Crippen molar-refractivity contribution in [1.29, 1.82) is 0 Å². The number of nitrogens with one attached hydrogen (secondary N) is 1. The Morgan fingerprint density at radius 3 is 2.48 bits per heavy atom. The molecule has 6 nitrogen and oxygen atoms in total. The molecule has 0 spiro atoms. The number of benzene rings is 1. The summed E-state index contributed by atoms with van der Waals surface area (Å²) in [6.45, 7) is 9.28. The maximum atomic E-state index is 13.0. The zero-order valence-electron chi connectivity index (χ0n) is 16.1. The number of anilines is 1. The molecule has 0 unspecified atom stereocenters. The predicted molar refractivity (Wildman–Crippen MR) is 104 cm³/mol. The first-order valence-electron chi connectivity index (χ1n) is 9.52. The summed E-state index contributed by atoms with van der Waals surface area (Å²) < 4.78 is 15.0. The maximum absolute atomic E-state index is 13.0. The Labute approximate surface area is 160 Å². The number of carbonyl (C=O) groups excluding carboxylic acids is 1. The van der Waals surface area contributed by atoms with Crippen molar-refractivity contribution in [1.82, 2.24) is 20.0 Å². The van der Waals surface area contributed by atoms with Crippen LogP contribution < -0.4 is 10.2 Å². The van der Waals surface area contributed by atoms with Gasteiger partial charge in [0, 0.05) is 50.6 Å². The Bertz CT molecular complexity index is 750. The van der Waals surface area contributed by atoms with Crippen molar-refractivity contribution in [3.05, 3.63) is 47.5 Å². The molecule has 27 heavy (non-hydrogen) atoms. The van der Waals surface area contributed by atoms with E-state index in [9.17, 15) is 9.18 Å². The first kappa shape index (κ1) is 19.4. The van der Waals surface area contributed by atoms with E-state index in [0.717, 1.165) is 56.2 Å². The molecule has 0 saturated carbocycles. The molecule has 1 aromatic heterocycles. The molecule has 7 heteroatoms. The third-order valence-corrected chi connectivity index (χ3v) is 4.90. The molecule has 1 aliphatic heterocycles. The topological polar surface area (TPSA) is 53.4 Å². The summed E-state index contributed by atoms with van der Waals surface area (Å²) >= 11 is 0. The van der Waals surface area contributed by atoms with Crippen LogP contribution in [0, 0.1) is 19.7 Å². The number of aromatic nitrogens is 2. The first-order chi connectivity index (χ1) is 13.0. The number of aryl methyl sites for hydroxylation is 3. The number of piperazine rings is 1. The Kier molecular flexibility index (Phi) is 6.45. The van der Waals surface area contributed by atoms with E-state index in [2.05, 4.69) is 26.3 Å². The van der Waals surface area contributed by atoms with Gasteiger partial charge in [0.15, 0.2) is 0 Å². The lowest BCUT2D eigenvalue weighted by Gasteiger charge is -2.35. The van der Waals surface area contributed by atoms with Crippen LogP contribution in [0.2, 0.25) is 0 Å². The van der Waals surface area contributed by atoms with Crippen LogP contribution in [0.15, 0.2) is 30.3 Å². The van der Waals surface area contributed by atoms with Crippen molar-refractivity contribution in [2.24, 2.45) is 0 Å². The third-order valence-electron chi connectivity index (χ3n) is 4.90. The van der Waals surface area contributed by atoms with Crippen LogP contribution in [-0.4, -0.2) is 59.9 Å². The van der Waals surface area contributed by atoms with Crippen molar-refractivity contribution < 1.29 is 9.18 Å². The zero-order valence-corrected chi connectivity index (χ0v) is 16.1. The van der Waals surface area contributed by atoms with Gasteiger partial charge in [0.2, 0.25) is 5.91 Å². The lowest BCUT2D eigenvalue weighted by molar-refractivity contribution is -0.122. The fraction of sp³-hybridized carbons (Fsp3) is 0.500. The van der Waals surface area contributed by atoms with Gasteiger partial charge in [0.25, 0.3) is 0 Å². The fourth-order valence-electron chi connectivity index (χ4n) is 3.43. The quantitative estimate of drug-likeness (QED) is 0.754. The first-order valence-corrected chi connectivity index (χ1v) is 9.52. The van der Waals surface area contributed by atoms with E-state index >= 15 is 0 Å². The van der Waals surface area contributed by atoms with Crippen LogP contribution in [0.3, 0.4) is 0 Å². The molecule has 0 radical (unpaired) electrons. The molecule has 1 N–H and O–H groups in total. The Balaban J connectivity index is 1.33. The van der Waals surface area contributed by atoms with Gasteiger partial charge in [-0.25, -0.2) is 4.39 Å². The predicted octanol–water partition coefficient (Wildman–Crippen LogP) is 1.97. The Morgan fingerprint density at radius 1 is 1.15 bits per heavy atom. The normalized spacial score (nSPS) is 15.1. The number of halogens is 1. The molecular weight excluding hydrogens is 345 g/mol.